The van der Waals surface area contributed by atoms with Crippen LogP contribution in [-0.4, -0.2) is 59.3 Å². The molecule has 2 saturated heterocycles. The van der Waals surface area contributed by atoms with E-state index in [4.69, 9.17) is 0 Å². The predicted octanol–water partition coefficient (Wildman–Crippen LogP) is 3.76. The molecule has 0 aliphatic carbocycles. The zero-order chi connectivity index (χ0) is 22.8. The number of carbonyl (C=O) groups is 1. The Hall–Kier alpha value is -2.71. The van der Waals surface area contributed by atoms with Crippen LogP contribution in [0.2, 0.25) is 0 Å². The third-order valence-corrected chi connectivity index (χ3v) is 8.85. The van der Waals surface area contributed by atoms with Gasteiger partial charge >= 0.3 is 0 Å². The molecular weight excluding hydrogens is 436 g/mol. The maximum absolute atomic E-state index is 13.0. The smallest absolute Gasteiger partial charge is 0.253 e. The molecule has 1 amide bonds. The number of imidazole rings is 1. The molecule has 3 heterocycles. The van der Waals surface area contributed by atoms with Crippen molar-refractivity contribution >= 4 is 27.0 Å². The van der Waals surface area contributed by atoms with Crippen LogP contribution in [0, 0.1) is 5.92 Å². The summed E-state index contributed by atoms with van der Waals surface area (Å²) in [6, 6.07) is 14.6. The number of carbonyl (C=O) groups excluding carboxylic acids is 1. The lowest BCUT2D eigenvalue weighted by Gasteiger charge is -2.32. The van der Waals surface area contributed by atoms with Crippen LogP contribution >= 0.6 is 0 Å². The first kappa shape index (κ1) is 22.1. The van der Waals surface area contributed by atoms with Gasteiger partial charge in [-0.2, -0.15) is 4.31 Å². The van der Waals surface area contributed by atoms with Gasteiger partial charge < -0.3 is 9.47 Å². The molecule has 2 aliphatic rings. The zero-order valence-corrected chi connectivity index (χ0v) is 19.6. The van der Waals surface area contributed by atoms with Gasteiger partial charge in [0.15, 0.2) is 0 Å². The minimum absolute atomic E-state index is 0.0246. The molecule has 2 aliphatic heterocycles. The largest absolute Gasteiger partial charge is 0.339 e. The number of aromatic nitrogens is 2. The van der Waals surface area contributed by atoms with Crippen LogP contribution in [0.1, 0.15) is 42.5 Å². The predicted molar refractivity (Wildman–Crippen MR) is 127 cm³/mol. The second-order valence-corrected chi connectivity index (χ2v) is 11.0. The normalized spacial score (nSPS) is 18.6. The lowest BCUT2D eigenvalue weighted by atomic mass is 9.96. The van der Waals surface area contributed by atoms with E-state index in [-0.39, 0.29) is 10.8 Å². The Bertz CT molecular complexity index is 1220. The van der Waals surface area contributed by atoms with E-state index in [0.717, 1.165) is 49.7 Å². The van der Waals surface area contributed by atoms with Gasteiger partial charge in [0.2, 0.25) is 10.0 Å². The van der Waals surface area contributed by atoms with Gasteiger partial charge in [-0.15, -0.1) is 0 Å². The summed E-state index contributed by atoms with van der Waals surface area (Å²) in [5, 5.41) is 0. The molecule has 1 aromatic heterocycles. The molecule has 2 fully saturated rings. The molecular formula is C25H30N4O3S. The molecule has 0 spiro atoms. The fourth-order valence-corrected chi connectivity index (χ4v) is 6.48. The van der Waals surface area contributed by atoms with Crippen molar-refractivity contribution in [2.45, 2.75) is 43.5 Å². The summed E-state index contributed by atoms with van der Waals surface area (Å²) >= 11 is 0. The average Bonchev–Trinajstić information content (AvgIpc) is 3.27. The monoisotopic (exact) mass is 466 g/mol. The molecule has 5 rings (SSSR count). The van der Waals surface area contributed by atoms with Gasteiger partial charge in [-0.05, 0) is 68.0 Å². The van der Waals surface area contributed by atoms with Crippen molar-refractivity contribution in [2.75, 3.05) is 26.2 Å². The standard InChI is InChI=1S/C25H30N4O3S/c30-25(21-8-10-22(11-9-21)33(31,32)29-14-4-1-5-15-29)27-16-12-20(13-17-27)18-28-19-26-23-6-2-3-7-24(23)28/h2-3,6-11,19-20H,1,4-5,12-18H2. The van der Waals surface area contributed by atoms with E-state index in [9.17, 15) is 13.2 Å². The van der Waals surface area contributed by atoms with Crippen LogP contribution in [0.25, 0.3) is 11.0 Å². The molecule has 0 bridgehead atoms. The first-order valence-electron chi connectivity index (χ1n) is 11.8. The number of para-hydroxylation sites is 2. The Labute approximate surface area is 195 Å². The number of amides is 1. The summed E-state index contributed by atoms with van der Waals surface area (Å²) in [4.78, 5) is 19.6. The average molecular weight is 467 g/mol. The van der Waals surface area contributed by atoms with E-state index in [1.54, 1.807) is 28.6 Å². The molecule has 33 heavy (non-hydrogen) atoms. The maximum atomic E-state index is 13.0. The first-order chi connectivity index (χ1) is 16.0. The summed E-state index contributed by atoms with van der Waals surface area (Å²) in [5.74, 6) is 0.479. The number of fused-ring (bicyclic) bond motifs is 1. The zero-order valence-electron chi connectivity index (χ0n) is 18.8. The fraction of sp³-hybridized carbons (Fsp3) is 0.440. The quantitative estimate of drug-likeness (QED) is 0.574. The lowest BCUT2D eigenvalue weighted by Crippen LogP contribution is -2.39. The van der Waals surface area contributed by atoms with Crippen LogP contribution in [0.4, 0.5) is 0 Å². The molecule has 0 unspecified atom stereocenters. The number of nitrogens with zero attached hydrogens (tertiary/aromatic N) is 4. The van der Waals surface area contributed by atoms with Gasteiger partial charge in [0.25, 0.3) is 5.91 Å². The molecule has 174 valence electrons. The molecule has 0 saturated carbocycles. The van der Waals surface area contributed by atoms with E-state index in [1.165, 1.54) is 0 Å². The molecule has 8 heteroatoms. The summed E-state index contributed by atoms with van der Waals surface area (Å²) < 4.78 is 29.4. The van der Waals surface area contributed by atoms with E-state index < -0.39 is 10.0 Å². The highest BCUT2D eigenvalue weighted by molar-refractivity contribution is 7.89. The highest BCUT2D eigenvalue weighted by atomic mass is 32.2. The molecule has 2 aromatic carbocycles. The topological polar surface area (TPSA) is 75.5 Å². The summed E-state index contributed by atoms with van der Waals surface area (Å²) in [7, 11) is -3.48. The summed E-state index contributed by atoms with van der Waals surface area (Å²) in [6.07, 6.45) is 6.68. The number of benzene rings is 2. The Morgan fingerprint density at radius 1 is 0.909 bits per heavy atom. The van der Waals surface area contributed by atoms with Gasteiger partial charge in [-0.25, -0.2) is 13.4 Å². The van der Waals surface area contributed by atoms with Gasteiger partial charge in [0, 0.05) is 38.3 Å². The molecule has 0 radical (unpaired) electrons. The Morgan fingerprint density at radius 3 is 2.33 bits per heavy atom. The molecule has 0 atom stereocenters. The number of hydrogen-bond acceptors (Lipinski definition) is 4. The van der Waals surface area contributed by atoms with Crippen LogP contribution in [0.5, 0.6) is 0 Å². The van der Waals surface area contributed by atoms with Crippen LogP contribution in [0.15, 0.2) is 59.8 Å². The molecule has 0 N–H and O–H groups in total. The molecule has 7 nitrogen and oxygen atoms in total. The Morgan fingerprint density at radius 2 is 1.61 bits per heavy atom. The van der Waals surface area contributed by atoms with Crippen molar-refractivity contribution in [3.05, 3.63) is 60.4 Å². The van der Waals surface area contributed by atoms with Crippen molar-refractivity contribution in [2.24, 2.45) is 5.92 Å². The van der Waals surface area contributed by atoms with Crippen molar-refractivity contribution in [1.82, 2.24) is 18.8 Å². The van der Waals surface area contributed by atoms with Gasteiger partial charge in [-0.3, -0.25) is 4.79 Å². The summed E-state index contributed by atoms with van der Waals surface area (Å²) in [6.45, 7) is 3.49. The number of hydrogen-bond donors (Lipinski definition) is 0. The number of rotatable bonds is 5. The maximum Gasteiger partial charge on any atom is 0.253 e. The third kappa shape index (κ3) is 4.54. The van der Waals surface area contributed by atoms with E-state index in [2.05, 4.69) is 15.6 Å². The van der Waals surface area contributed by atoms with E-state index in [0.29, 0.717) is 37.7 Å². The van der Waals surface area contributed by atoms with Crippen LogP contribution in [0.3, 0.4) is 0 Å². The van der Waals surface area contributed by atoms with Crippen molar-refractivity contribution in [1.29, 1.82) is 0 Å². The van der Waals surface area contributed by atoms with Gasteiger partial charge in [0.05, 0.1) is 22.3 Å². The third-order valence-electron chi connectivity index (χ3n) is 6.94. The minimum Gasteiger partial charge on any atom is -0.339 e. The lowest BCUT2D eigenvalue weighted by molar-refractivity contribution is 0.0683. The highest BCUT2D eigenvalue weighted by Crippen LogP contribution is 2.24. The summed E-state index contributed by atoms with van der Waals surface area (Å²) in [5.41, 5.74) is 2.71. The first-order valence-corrected chi connectivity index (χ1v) is 13.3. The van der Waals surface area contributed by atoms with E-state index >= 15 is 0 Å². The van der Waals surface area contributed by atoms with Crippen molar-refractivity contribution in [3.63, 3.8) is 0 Å². The Kier molecular flexibility index (Phi) is 6.21. The highest BCUT2D eigenvalue weighted by Gasteiger charge is 2.27. The van der Waals surface area contributed by atoms with E-state index in [1.807, 2.05) is 29.4 Å². The fourth-order valence-electron chi connectivity index (χ4n) is 4.96. The SMILES string of the molecule is O=C(c1ccc(S(=O)(=O)N2CCCCC2)cc1)N1CCC(Cn2cnc3ccccc32)CC1. The van der Waals surface area contributed by atoms with Crippen molar-refractivity contribution in [3.8, 4) is 0 Å². The second-order valence-electron chi connectivity index (χ2n) is 9.11. The van der Waals surface area contributed by atoms with Gasteiger partial charge in [-0.1, -0.05) is 18.6 Å². The van der Waals surface area contributed by atoms with Crippen LogP contribution in [-0.2, 0) is 16.6 Å². The number of piperidine rings is 2. The number of likely N-dealkylation sites (tertiary alicyclic amines) is 1. The van der Waals surface area contributed by atoms with Crippen molar-refractivity contribution < 1.29 is 13.2 Å². The minimum atomic E-state index is -3.48. The van der Waals surface area contributed by atoms with Gasteiger partial charge in [0.1, 0.15) is 0 Å². The van der Waals surface area contributed by atoms with Crippen LogP contribution < -0.4 is 0 Å². The Balaban J connectivity index is 1.19. The number of sulfonamides is 1. The second kappa shape index (κ2) is 9.27. The molecule has 3 aromatic rings.